The van der Waals surface area contributed by atoms with Crippen LogP contribution in [0, 0.1) is 28.9 Å². The van der Waals surface area contributed by atoms with Crippen molar-refractivity contribution in [2.45, 2.75) is 51.7 Å². The molecule has 1 saturated heterocycles. The molecule has 3 unspecified atom stereocenters. The topological polar surface area (TPSA) is 136 Å². The van der Waals surface area contributed by atoms with Crippen LogP contribution >= 0.6 is 0 Å². The average molecular weight is 494 g/mol. The number of likely N-dealkylation sites (tertiary alicyclic amines) is 1. The third kappa shape index (κ3) is 4.84. The molecule has 1 N–H and O–H groups in total. The molecule has 4 rings (SSSR count). The SMILES string of the molecule is Cc1ccc(NC(=O)C(OC(=O)[C@H](C)N2C(=O)C3CCCCC3C2=O)c2ccccc2)c([N+](=O)[O-])c1. The second-order valence-electron chi connectivity index (χ2n) is 9.21. The molecule has 1 aliphatic heterocycles. The van der Waals surface area contributed by atoms with E-state index in [0.29, 0.717) is 24.0 Å². The van der Waals surface area contributed by atoms with Gasteiger partial charge in [0.1, 0.15) is 11.7 Å². The Bertz CT molecular complexity index is 1190. The normalized spacial score (nSPS) is 20.9. The number of hydrogen-bond donors (Lipinski definition) is 1. The highest BCUT2D eigenvalue weighted by molar-refractivity contribution is 6.08. The van der Waals surface area contributed by atoms with E-state index in [9.17, 15) is 29.3 Å². The molecule has 10 heteroatoms. The summed E-state index contributed by atoms with van der Waals surface area (Å²) < 4.78 is 5.55. The molecule has 188 valence electrons. The van der Waals surface area contributed by atoms with Gasteiger partial charge in [-0.3, -0.25) is 29.4 Å². The number of imide groups is 1. The molecule has 1 heterocycles. The zero-order chi connectivity index (χ0) is 26.0. The molecule has 0 radical (unpaired) electrons. The summed E-state index contributed by atoms with van der Waals surface area (Å²) in [6.07, 6.45) is 1.47. The van der Waals surface area contributed by atoms with Gasteiger partial charge in [0.2, 0.25) is 17.9 Å². The van der Waals surface area contributed by atoms with E-state index in [1.54, 1.807) is 43.3 Å². The van der Waals surface area contributed by atoms with Gasteiger partial charge in [0.25, 0.3) is 11.6 Å². The van der Waals surface area contributed by atoms with E-state index in [-0.39, 0.29) is 23.2 Å². The van der Waals surface area contributed by atoms with Crippen LogP contribution in [0.25, 0.3) is 0 Å². The van der Waals surface area contributed by atoms with Gasteiger partial charge in [-0.25, -0.2) is 4.79 Å². The number of carbonyl (C=O) groups is 4. The fourth-order valence-corrected chi connectivity index (χ4v) is 4.89. The van der Waals surface area contributed by atoms with Crippen molar-refractivity contribution in [3.63, 3.8) is 0 Å². The Labute approximate surface area is 207 Å². The van der Waals surface area contributed by atoms with Gasteiger partial charge in [0.05, 0.1) is 16.8 Å². The van der Waals surface area contributed by atoms with Gasteiger partial charge in [-0.05, 0) is 38.3 Å². The average Bonchev–Trinajstić information content (AvgIpc) is 3.13. The Balaban J connectivity index is 1.57. The van der Waals surface area contributed by atoms with E-state index in [1.807, 2.05) is 0 Å². The zero-order valence-electron chi connectivity index (χ0n) is 20.0. The molecule has 36 heavy (non-hydrogen) atoms. The molecule has 3 amide bonds. The fourth-order valence-electron chi connectivity index (χ4n) is 4.89. The van der Waals surface area contributed by atoms with Crippen molar-refractivity contribution >= 4 is 35.1 Å². The van der Waals surface area contributed by atoms with Gasteiger partial charge in [0, 0.05) is 11.6 Å². The van der Waals surface area contributed by atoms with Gasteiger partial charge < -0.3 is 10.1 Å². The minimum atomic E-state index is -1.46. The second-order valence-corrected chi connectivity index (χ2v) is 9.21. The van der Waals surface area contributed by atoms with Crippen LogP contribution in [0.1, 0.15) is 49.8 Å². The van der Waals surface area contributed by atoms with Gasteiger partial charge in [-0.2, -0.15) is 0 Å². The Kier molecular flexibility index (Phi) is 7.14. The molecule has 1 aliphatic carbocycles. The number of nitro groups is 1. The highest BCUT2D eigenvalue weighted by Crippen LogP contribution is 2.39. The maximum absolute atomic E-state index is 13.2. The molecule has 4 atom stereocenters. The molecule has 2 aromatic carbocycles. The van der Waals surface area contributed by atoms with Crippen LogP contribution in [0.3, 0.4) is 0 Å². The van der Waals surface area contributed by atoms with Crippen molar-refractivity contribution in [1.29, 1.82) is 0 Å². The smallest absolute Gasteiger partial charge is 0.330 e. The van der Waals surface area contributed by atoms with Crippen molar-refractivity contribution in [1.82, 2.24) is 4.90 Å². The molecule has 2 fully saturated rings. The monoisotopic (exact) mass is 493 g/mol. The number of ether oxygens (including phenoxy) is 1. The van der Waals surface area contributed by atoms with E-state index in [2.05, 4.69) is 5.32 Å². The predicted octanol–water partition coefficient (Wildman–Crippen LogP) is 3.69. The molecular formula is C26H27N3O7. The summed E-state index contributed by atoms with van der Waals surface area (Å²) in [7, 11) is 0. The Morgan fingerprint density at radius 1 is 1.06 bits per heavy atom. The van der Waals surface area contributed by atoms with Gasteiger partial charge in [-0.1, -0.05) is 49.2 Å². The zero-order valence-corrected chi connectivity index (χ0v) is 20.0. The van der Waals surface area contributed by atoms with Crippen molar-refractivity contribution in [3.05, 3.63) is 69.8 Å². The maximum Gasteiger partial charge on any atom is 0.330 e. The van der Waals surface area contributed by atoms with E-state index in [1.165, 1.54) is 19.1 Å². The number of nitrogens with one attached hydrogen (secondary N) is 1. The second kappa shape index (κ2) is 10.3. The Morgan fingerprint density at radius 2 is 1.67 bits per heavy atom. The first-order valence-corrected chi connectivity index (χ1v) is 11.9. The van der Waals surface area contributed by atoms with Crippen LogP contribution in [0.5, 0.6) is 0 Å². The molecule has 2 aliphatic rings. The highest BCUT2D eigenvalue weighted by Gasteiger charge is 2.51. The lowest BCUT2D eigenvalue weighted by molar-refractivity contribution is -0.384. The quantitative estimate of drug-likeness (QED) is 0.269. The minimum Gasteiger partial charge on any atom is -0.446 e. The van der Waals surface area contributed by atoms with E-state index >= 15 is 0 Å². The van der Waals surface area contributed by atoms with Crippen LogP contribution in [-0.4, -0.2) is 39.6 Å². The number of nitrogens with zero attached hydrogens (tertiary/aromatic N) is 2. The molecule has 0 aromatic heterocycles. The number of amides is 3. The predicted molar refractivity (Wildman–Crippen MR) is 129 cm³/mol. The lowest BCUT2D eigenvalue weighted by atomic mass is 9.81. The van der Waals surface area contributed by atoms with Crippen molar-refractivity contribution < 1.29 is 28.8 Å². The number of aryl methyl sites for hydroxylation is 1. The first-order chi connectivity index (χ1) is 17.2. The fraction of sp³-hybridized carbons (Fsp3) is 0.385. The van der Waals surface area contributed by atoms with Crippen LogP contribution in [-0.2, 0) is 23.9 Å². The number of fused-ring (bicyclic) bond motifs is 1. The lowest BCUT2D eigenvalue weighted by Gasteiger charge is -2.25. The molecule has 0 bridgehead atoms. The Hall–Kier alpha value is -4.08. The van der Waals surface area contributed by atoms with Crippen molar-refractivity contribution in [2.75, 3.05) is 5.32 Å². The molecular weight excluding hydrogens is 466 g/mol. The van der Waals surface area contributed by atoms with E-state index < -0.39 is 40.8 Å². The van der Waals surface area contributed by atoms with E-state index in [0.717, 1.165) is 17.7 Å². The molecule has 10 nitrogen and oxygen atoms in total. The summed E-state index contributed by atoms with van der Waals surface area (Å²) in [6, 6.07) is 11.3. The summed E-state index contributed by atoms with van der Waals surface area (Å²) >= 11 is 0. The maximum atomic E-state index is 13.2. The number of esters is 1. The summed E-state index contributed by atoms with van der Waals surface area (Å²) in [5.74, 6) is -3.33. The summed E-state index contributed by atoms with van der Waals surface area (Å²) in [5.41, 5.74) is 0.624. The number of carbonyl (C=O) groups excluding carboxylic acids is 4. The number of anilines is 1. The summed E-state index contributed by atoms with van der Waals surface area (Å²) in [6.45, 7) is 3.09. The van der Waals surface area contributed by atoms with Crippen LogP contribution in [0.15, 0.2) is 48.5 Å². The Morgan fingerprint density at radius 3 is 2.25 bits per heavy atom. The summed E-state index contributed by atoms with van der Waals surface area (Å²) in [4.78, 5) is 64.0. The van der Waals surface area contributed by atoms with Gasteiger partial charge in [0.15, 0.2) is 0 Å². The third-order valence-electron chi connectivity index (χ3n) is 6.79. The number of rotatable bonds is 7. The molecule has 2 aromatic rings. The largest absolute Gasteiger partial charge is 0.446 e. The van der Waals surface area contributed by atoms with Crippen LogP contribution in [0.2, 0.25) is 0 Å². The van der Waals surface area contributed by atoms with E-state index in [4.69, 9.17) is 4.74 Å². The number of hydrogen-bond acceptors (Lipinski definition) is 7. The lowest BCUT2D eigenvalue weighted by Crippen LogP contribution is -2.45. The van der Waals surface area contributed by atoms with Crippen LogP contribution in [0.4, 0.5) is 11.4 Å². The molecule has 0 spiro atoms. The third-order valence-corrected chi connectivity index (χ3v) is 6.79. The highest BCUT2D eigenvalue weighted by atomic mass is 16.6. The van der Waals surface area contributed by atoms with Crippen molar-refractivity contribution in [3.8, 4) is 0 Å². The number of benzene rings is 2. The minimum absolute atomic E-state index is 0.0467. The van der Waals surface area contributed by atoms with Crippen molar-refractivity contribution in [2.24, 2.45) is 11.8 Å². The standard InChI is InChI=1S/C26H27N3O7/c1-15-12-13-20(21(14-15)29(34)35)27-23(30)22(17-8-4-3-5-9-17)36-26(33)16(2)28-24(31)18-10-6-7-11-19(18)25(28)32/h3-5,8-9,12-14,16,18-19,22H,6-7,10-11H2,1-2H3,(H,27,30)/t16-,18?,19?,22?/m0/s1. The number of nitro benzene ring substituents is 1. The van der Waals surface area contributed by atoms with Gasteiger partial charge in [-0.15, -0.1) is 0 Å². The molecule has 1 saturated carbocycles. The first kappa shape index (κ1) is 25.0. The van der Waals surface area contributed by atoms with Gasteiger partial charge >= 0.3 is 5.97 Å². The summed E-state index contributed by atoms with van der Waals surface area (Å²) in [5, 5.41) is 14.0. The van der Waals surface area contributed by atoms with Crippen LogP contribution < -0.4 is 5.32 Å². The first-order valence-electron chi connectivity index (χ1n) is 11.9.